The van der Waals surface area contributed by atoms with Crippen molar-refractivity contribution in [3.63, 3.8) is 0 Å². The maximum absolute atomic E-state index is 10.5. The average Bonchev–Trinajstić information content (AvgIpc) is 2.34. The number of halogens is 1. The van der Waals surface area contributed by atoms with Crippen LogP contribution in [-0.2, 0) is 11.2 Å². The first-order chi connectivity index (χ1) is 8.63. The van der Waals surface area contributed by atoms with E-state index in [4.69, 9.17) is 21.4 Å². The molecule has 0 amide bonds. The molecule has 0 aliphatic heterocycles. The number of carbonyl (C=O) groups is 1. The largest absolute Gasteiger partial charge is 0.481 e. The van der Waals surface area contributed by atoms with E-state index in [1.165, 1.54) is 0 Å². The van der Waals surface area contributed by atoms with Crippen molar-refractivity contribution in [3.05, 3.63) is 59.1 Å². The molecule has 0 spiro atoms. The van der Waals surface area contributed by atoms with E-state index in [9.17, 15) is 4.79 Å². The van der Waals surface area contributed by atoms with Gasteiger partial charge in [0.15, 0.2) is 0 Å². The number of carboxylic acid groups (broad SMARTS) is 1. The van der Waals surface area contributed by atoms with Gasteiger partial charge in [-0.25, -0.2) is 0 Å². The van der Waals surface area contributed by atoms with Gasteiger partial charge in [-0.15, -0.1) is 0 Å². The van der Waals surface area contributed by atoms with Crippen LogP contribution in [0.1, 0.15) is 5.56 Å². The number of hydrogen-bond acceptors (Lipinski definition) is 2. The summed E-state index contributed by atoms with van der Waals surface area (Å²) < 4.78 is 5.59. The van der Waals surface area contributed by atoms with Crippen LogP contribution in [0.5, 0.6) is 11.5 Å². The smallest absolute Gasteiger partial charge is 0.307 e. The molecule has 0 unspecified atom stereocenters. The molecule has 3 nitrogen and oxygen atoms in total. The molecule has 2 rings (SSSR count). The Balaban J connectivity index is 2.06. The molecule has 0 aliphatic rings. The summed E-state index contributed by atoms with van der Waals surface area (Å²) in [6.45, 7) is 0. The normalized spacial score (nSPS) is 10.1. The number of benzene rings is 2. The minimum Gasteiger partial charge on any atom is -0.481 e. The Hall–Kier alpha value is -2.00. The summed E-state index contributed by atoms with van der Waals surface area (Å²) in [6.07, 6.45) is 0.0151. The molecule has 2 aromatic rings. The van der Waals surface area contributed by atoms with Crippen LogP contribution in [0.4, 0.5) is 0 Å². The van der Waals surface area contributed by atoms with E-state index < -0.39 is 5.97 Å². The summed E-state index contributed by atoms with van der Waals surface area (Å²) in [4.78, 5) is 10.5. The topological polar surface area (TPSA) is 46.5 Å². The van der Waals surface area contributed by atoms with Gasteiger partial charge in [0.25, 0.3) is 0 Å². The standard InChI is InChI=1S/C14H11ClO3/c15-11-3-7-13(8-4-11)18-12-5-1-10(2-6-12)9-14(16)17/h1-8H,9H2,(H,16,17). The zero-order valence-electron chi connectivity index (χ0n) is 9.47. The Morgan fingerprint density at radius 2 is 1.50 bits per heavy atom. The van der Waals surface area contributed by atoms with Crippen molar-refractivity contribution in [1.29, 1.82) is 0 Å². The van der Waals surface area contributed by atoms with Crippen molar-refractivity contribution in [1.82, 2.24) is 0 Å². The SMILES string of the molecule is O=C(O)Cc1ccc(Oc2ccc(Cl)cc2)cc1. The lowest BCUT2D eigenvalue weighted by atomic mass is 10.1. The zero-order chi connectivity index (χ0) is 13.0. The molecule has 0 aliphatic carbocycles. The van der Waals surface area contributed by atoms with Crippen molar-refractivity contribution in [2.24, 2.45) is 0 Å². The lowest BCUT2D eigenvalue weighted by Crippen LogP contribution is -1.99. The highest BCUT2D eigenvalue weighted by Gasteiger charge is 2.01. The highest BCUT2D eigenvalue weighted by Crippen LogP contribution is 2.23. The zero-order valence-corrected chi connectivity index (χ0v) is 10.2. The second-order valence-electron chi connectivity index (χ2n) is 3.77. The third kappa shape index (κ3) is 3.50. The number of ether oxygens (including phenoxy) is 1. The molecule has 0 fully saturated rings. The molecule has 0 radical (unpaired) electrons. The molecule has 2 aromatic carbocycles. The molecule has 1 N–H and O–H groups in total. The number of carboxylic acids is 1. The van der Waals surface area contributed by atoms with Crippen LogP contribution in [0.15, 0.2) is 48.5 Å². The molecule has 4 heteroatoms. The number of hydrogen-bond donors (Lipinski definition) is 1. The van der Waals surface area contributed by atoms with E-state index in [2.05, 4.69) is 0 Å². The Kier molecular flexibility index (Phi) is 3.85. The summed E-state index contributed by atoms with van der Waals surface area (Å²) >= 11 is 5.77. The van der Waals surface area contributed by atoms with Crippen LogP contribution in [0.2, 0.25) is 5.02 Å². The molecule has 0 aromatic heterocycles. The molecule has 0 bridgehead atoms. The quantitative estimate of drug-likeness (QED) is 0.913. The van der Waals surface area contributed by atoms with Gasteiger partial charge < -0.3 is 9.84 Å². The lowest BCUT2D eigenvalue weighted by Gasteiger charge is -2.06. The highest BCUT2D eigenvalue weighted by atomic mass is 35.5. The highest BCUT2D eigenvalue weighted by molar-refractivity contribution is 6.30. The van der Waals surface area contributed by atoms with Crippen LogP contribution < -0.4 is 4.74 Å². The van der Waals surface area contributed by atoms with Gasteiger partial charge in [0.1, 0.15) is 11.5 Å². The summed E-state index contributed by atoms with van der Waals surface area (Å²) in [6, 6.07) is 14.0. The Bertz CT molecular complexity index is 532. The molecular formula is C14H11ClO3. The fourth-order valence-corrected chi connectivity index (χ4v) is 1.61. The van der Waals surface area contributed by atoms with Crippen molar-refractivity contribution < 1.29 is 14.6 Å². The molecule has 0 saturated heterocycles. The molecule has 92 valence electrons. The van der Waals surface area contributed by atoms with Gasteiger partial charge in [-0.3, -0.25) is 4.79 Å². The van der Waals surface area contributed by atoms with Crippen molar-refractivity contribution >= 4 is 17.6 Å². The Morgan fingerprint density at radius 1 is 1.00 bits per heavy atom. The third-order valence-electron chi connectivity index (χ3n) is 2.33. The first-order valence-corrected chi connectivity index (χ1v) is 5.75. The van der Waals surface area contributed by atoms with Crippen LogP contribution in [0.3, 0.4) is 0 Å². The molecule has 18 heavy (non-hydrogen) atoms. The minimum absolute atomic E-state index is 0.0151. The van der Waals surface area contributed by atoms with E-state index in [-0.39, 0.29) is 6.42 Å². The number of aliphatic carboxylic acids is 1. The predicted molar refractivity (Wildman–Crippen MR) is 69.3 cm³/mol. The van der Waals surface area contributed by atoms with Crippen molar-refractivity contribution in [2.45, 2.75) is 6.42 Å². The van der Waals surface area contributed by atoms with E-state index in [1.54, 1.807) is 48.5 Å². The minimum atomic E-state index is -0.846. The summed E-state index contributed by atoms with van der Waals surface area (Å²) in [7, 11) is 0. The summed E-state index contributed by atoms with van der Waals surface area (Å²) in [5, 5.41) is 9.31. The predicted octanol–water partition coefficient (Wildman–Crippen LogP) is 3.76. The van der Waals surface area contributed by atoms with Gasteiger partial charge in [0.05, 0.1) is 6.42 Å². The third-order valence-corrected chi connectivity index (χ3v) is 2.58. The van der Waals surface area contributed by atoms with Gasteiger partial charge >= 0.3 is 5.97 Å². The van der Waals surface area contributed by atoms with Crippen LogP contribution in [-0.4, -0.2) is 11.1 Å². The van der Waals surface area contributed by atoms with E-state index in [0.717, 1.165) is 5.56 Å². The summed E-state index contributed by atoms with van der Waals surface area (Å²) in [5.74, 6) is 0.498. The fraction of sp³-hybridized carbons (Fsp3) is 0.0714. The lowest BCUT2D eigenvalue weighted by molar-refractivity contribution is -0.136. The van der Waals surface area contributed by atoms with E-state index in [0.29, 0.717) is 16.5 Å². The van der Waals surface area contributed by atoms with Gasteiger partial charge in [-0.05, 0) is 42.0 Å². The van der Waals surface area contributed by atoms with Crippen LogP contribution >= 0.6 is 11.6 Å². The first kappa shape index (κ1) is 12.5. The van der Waals surface area contributed by atoms with Gasteiger partial charge in [0.2, 0.25) is 0 Å². The molecule has 0 saturated carbocycles. The Labute approximate surface area is 110 Å². The van der Waals surface area contributed by atoms with Gasteiger partial charge in [0, 0.05) is 5.02 Å². The molecular weight excluding hydrogens is 252 g/mol. The molecule has 0 heterocycles. The first-order valence-electron chi connectivity index (χ1n) is 5.37. The maximum atomic E-state index is 10.5. The Morgan fingerprint density at radius 3 is 2.00 bits per heavy atom. The number of rotatable bonds is 4. The fourth-order valence-electron chi connectivity index (χ4n) is 1.49. The summed E-state index contributed by atoms with van der Waals surface area (Å²) in [5.41, 5.74) is 0.742. The second kappa shape index (κ2) is 5.56. The van der Waals surface area contributed by atoms with Crippen molar-refractivity contribution in [2.75, 3.05) is 0 Å². The van der Waals surface area contributed by atoms with Crippen LogP contribution in [0, 0.1) is 0 Å². The second-order valence-corrected chi connectivity index (χ2v) is 4.21. The van der Waals surface area contributed by atoms with Crippen LogP contribution in [0.25, 0.3) is 0 Å². The average molecular weight is 263 g/mol. The van der Waals surface area contributed by atoms with Gasteiger partial charge in [-0.2, -0.15) is 0 Å². The maximum Gasteiger partial charge on any atom is 0.307 e. The van der Waals surface area contributed by atoms with E-state index >= 15 is 0 Å². The van der Waals surface area contributed by atoms with Gasteiger partial charge in [-0.1, -0.05) is 23.7 Å². The van der Waals surface area contributed by atoms with E-state index in [1.807, 2.05) is 0 Å². The van der Waals surface area contributed by atoms with Crippen molar-refractivity contribution in [3.8, 4) is 11.5 Å². The molecule has 0 atom stereocenters. The monoisotopic (exact) mass is 262 g/mol.